The molecule has 3 aromatic rings. The summed E-state index contributed by atoms with van der Waals surface area (Å²) in [5.41, 5.74) is 1.45. The maximum atomic E-state index is 13.1. The predicted octanol–water partition coefficient (Wildman–Crippen LogP) is 4.21. The van der Waals surface area contributed by atoms with E-state index in [0.717, 1.165) is 5.56 Å². The van der Waals surface area contributed by atoms with Gasteiger partial charge in [0.25, 0.3) is 5.91 Å². The zero-order chi connectivity index (χ0) is 22.5. The Hall–Kier alpha value is -3.98. The van der Waals surface area contributed by atoms with Crippen LogP contribution in [0.3, 0.4) is 0 Å². The van der Waals surface area contributed by atoms with Crippen molar-refractivity contribution in [3.63, 3.8) is 0 Å². The molecule has 0 radical (unpaired) electrons. The van der Waals surface area contributed by atoms with Gasteiger partial charge in [0.15, 0.2) is 16.7 Å². The summed E-state index contributed by atoms with van der Waals surface area (Å²) in [6.07, 6.45) is 4.79. The van der Waals surface area contributed by atoms with E-state index >= 15 is 0 Å². The van der Waals surface area contributed by atoms with Gasteiger partial charge in [-0.25, -0.2) is 0 Å². The van der Waals surface area contributed by atoms with Gasteiger partial charge in [-0.1, -0.05) is 6.07 Å². The van der Waals surface area contributed by atoms with E-state index in [1.165, 1.54) is 36.1 Å². The second-order valence-corrected chi connectivity index (χ2v) is 7.74. The number of aromatic hydroxyl groups is 2. The van der Waals surface area contributed by atoms with E-state index in [4.69, 9.17) is 9.15 Å². The van der Waals surface area contributed by atoms with Gasteiger partial charge in [0.05, 0.1) is 31.0 Å². The molecule has 1 aromatic heterocycles. The lowest BCUT2D eigenvalue weighted by molar-refractivity contribution is -0.122. The Balaban J connectivity index is 1.62. The van der Waals surface area contributed by atoms with Gasteiger partial charge in [-0.15, -0.1) is 5.10 Å². The van der Waals surface area contributed by atoms with Crippen molar-refractivity contribution in [3.8, 4) is 17.2 Å². The van der Waals surface area contributed by atoms with Gasteiger partial charge in [-0.3, -0.25) is 9.69 Å². The van der Waals surface area contributed by atoms with E-state index in [-0.39, 0.29) is 24.0 Å². The lowest BCUT2D eigenvalue weighted by Gasteiger charge is -2.12. The molecule has 9 heteroatoms. The molecule has 32 heavy (non-hydrogen) atoms. The summed E-state index contributed by atoms with van der Waals surface area (Å²) < 4.78 is 10.5. The molecule has 0 atom stereocenters. The zero-order valence-corrected chi connectivity index (χ0v) is 17.8. The number of phenols is 2. The number of methoxy groups -OCH3 is 1. The minimum absolute atomic E-state index is 0.0188. The Kier molecular flexibility index (Phi) is 6.27. The van der Waals surface area contributed by atoms with Gasteiger partial charge in [0.1, 0.15) is 11.5 Å². The molecule has 1 fully saturated rings. The van der Waals surface area contributed by atoms with Crippen molar-refractivity contribution < 1.29 is 24.2 Å². The second-order valence-electron chi connectivity index (χ2n) is 6.73. The van der Waals surface area contributed by atoms with Crippen molar-refractivity contribution in [3.05, 3.63) is 82.7 Å². The van der Waals surface area contributed by atoms with E-state index in [9.17, 15) is 15.0 Å². The lowest BCUT2D eigenvalue weighted by Crippen LogP contribution is -2.28. The number of ether oxygens (including phenoxy) is 1. The van der Waals surface area contributed by atoms with Crippen LogP contribution in [0.5, 0.6) is 17.2 Å². The van der Waals surface area contributed by atoms with Crippen molar-refractivity contribution >= 4 is 35.1 Å². The first-order valence-electron chi connectivity index (χ1n) is 9.54. The number of phenolic OH excluding ortho intramolecular Hbond substituents is 2. The number of hydrogen-bond acceptors (Lipinski definition) is 8. The van der Waals surface area contributed by atoms with Crippen molar-refractivity contribution in [2.75, 3.05) is 7.11 Å². The van der Waals surface area contributed by atoms with Gasteiger partial charge >= 0.3 is 0 Å². The fraction of sp³-hybridized carbons (Fsp3) is 0.0870. The van der Waals surface area contributed by atoms with Crippen LogP contribution in [-0.4, -0.2) is 39.5 Å². The molecule has 4 rings (SSSR count). The number of rotatable bonds is 6. The molecule has 1 aliphatic rings. The van der Waals surface area contributed by atoms with Crippen LogP contribution in [0.4, 0.5) is 0 Å². The van der Waals surface area contributed by atoms with Crippen LogP contribution in [0.2, 0.25) is 0 Å². The van der Waals surface area contributed by atoms with Crippen molar-refractivity contribution in [1.82, 2.24) is 4.90 Å². The minimum atomic E-state index is -0.239. The topological polar surface area (TPSA) is 108 Å². The first kappa shape index (κ1) is 21.3. The summed E-state index contributed by atoms with van der Waals surface area (Å²) in [6, 6.07) is 14.9. The molecule has 2 heterocycles. The maximum Gasteiger partial charge on any atom is 0.267 e. The van der Waals surface area contributed by atoms with E-state index in [1.807, 2.05) is 0 Å². The molecule has 162 valence electrons. The van der Waals surface area contributed by atoms with E-state index in [1.54, 1.807) is 60.9 Å². The van der Waals surface area contributed by atoms with Gasteiger partial charge in [-0.05, 0) is 77.5 Å². The quantitative estimate of drug-likeness (QED) is 0.332. The molecule has 1 saturated heterocycles. The first-order chi connectivity index (χ1) is 15.5. The monoisotopic (exact) mass is 449 g/mol. The third kappa shape index (κ3) is 4.84. The van der Waals surface area contributed by atoms with Gasteiger partial charge in [-0.2, -0.15) is 5.10 Å². The molecule has 1 aliphatic heterocycles. The van der Waals surface area contributed by atoms with E-state index in [0.29, 0.717) is 27.1 Å². The number of hydrogen-bond donors (Lipinski definition) is 2. The molecule has 0 bridgehead atoms. The Morgan fingerprint density at radius 3 is 2.62 bits per heavy atom. The fourth-order valence-corrected chi connectivity index (χ4v) is 3.86. The molecule has 8 nitrogen and oxygen atoms in total. The highest BCUT2D eigenvalue weighted by molar-refractivity contribution is 8.18. The highest BCUT2D eigenvalue weighted by Gasteiger charge is 2.34. The molecule has 1 amide bonds. The Morgan fingerprint density at radius 2 is 1.91 bits per heavy atom. The summed E-state index contributed by atoms with van der Waals surface area (Å²) in [6.45, 7) is 0.211. The number of carbonyl (C=O) groups is 1. The van der Waals surface area contributed by atoms with Crippen LogP contribution in [0.15, 0.2) is 80.4 Å². The highest BCUT2D eigenvalue weighted by Crippen LogP contribution is 2.35. The van der Waals surface area contributed by atoms with Gasteiger partial charge in [0.2, 0.25) is 0 Å². The third-order valence-corrected chi connectivity index (χ3v) is 5.52. The van der Waals surface area contributed by atoms with Crippen LogP contribution >= 0.6 is 11.8 Å². The number of amidine groups is 1. The SMILES string of the molecule is COc1cc(/C=C2\S/C(=N\N=C\c3ccc(O)cc3)N(Cc3ccco3)C2=O)ccc1O. The summed E-state index contributed by atoms with van der Waals surface area (Å²) in [5.74, 6) is 0.870. The number of benzene rings is 2. The summed E-state index contributed by atoms with van der Waals surface area (Å²) in [5, 5.41) is 27.9. The van der Waals surface area contributed by atoms with Gasteiger partial charge < -0.3 is 19.4 Å². The number of furan rings is 1. The van der Waals surface area contributed by atoms with Crippen LogP contribution < -0.4 is 4.74 Å². The third-order valence-electron chi connectivity index (χ3n) is 4.53. The van der Waals surface area contributed by atoms with Crippen LogP contribution in [0.1, 0.15) is 16.9 Å². The number of thioether (sulfide) groups is 1. The average Bonchev–Trinajstić information content (AvgIpc) is 3.41. The van der Waals surface area contributed by atoms with Crippen LogP contribution in [0, 0.1) is 0 Å². The number of carbonyl (C=O) groups excluding carboxylic acids is 1. The standard InChI is InChI=1S/C23H19N3O5S/c1-30-20-11-16(6-9-19(20)28)12-21-22(29)26(14-18-3-2-10-31-18)23(32-21)25-24-13-15-4-7-17(27)8-5-15/h2-13,27-28H,14H2,1H3/b21-12-,24-13+,25-23-. The normalized spacial score (nSPS) is 16.5. The average molecular weight is 449 g/mol. The molecule has 0 unspecified atom stereocenters. The van der Waals surface area contributed by atoms with E-state index in [2.05, 4.69) is 10.2 Å². The molecule has 0 saturated carbocycles. The minimum Gasteiger partial charge on any atom is -0.508 e. The number of nitrogens with zero attached hydrogens (tertiary/aromatic N) is 3. The Morgan fingerprint density at radius 1 is 1.12 bits per heavy atom. The predicted molar refractivity (Wildman–Crippen MR) is 123 cm³/mol. The molecular formula is C23H19N3O5S. The van der Waals surface area contributed by atoms with Gasteiger partial charge in [0, 0.05) is 0 Å². The summed E-state index contributed by atoms with van der Waals surface area (Å²) in [7, 11) is 1.46. The van der Waals surface area contributed by atoms with Crippen molar-refractivity contribution in [2.45, 2.75) is 6.54 Å². The second kappa shape index (κ2) is 9.44. The first-order valence-corrected chi connectivity index (χ1v) is 10.4. The molecule has 2 aromatic carbocycles. The van der Waals surface area contributed by atoms with E-state index < -0.39 is 0 Å². The Labute approximate surface area is 188 Å². The molecule has 0 spiro atoms. The smallest absolute Gasteiger partial charge is 0.267 e. The lowest BCUT2D eigenvalue weighted by atomic mass is 10.2. The zero-order valence-electron chi connectivity index (χ0n) is 17.0. The number of amides is 1. The molecule has 0 aliphatic carbocycles. The van der Waals surface area contributed by atoms with Crippen LogP contribution in [-0.2, 0) is 11.3 Å². The molecular weight excluding hydrogens is 430 g/mol. The maximum absolute atomic E-state index is 13.1. The fourth-order valence-electron chi connectivity index (χ4n) is 2.92. The molecule has 2 N–H and O–H groups in total. The van der Waals surface area contributed by atoms with Crippen molar-refractivity contribution in [2.24, 2.45) is 10.2 Å². The largest absolute Gasteiger partial charge is 0.508 e. The summed E-state index contributed by atoms with van der Waals surface area (Å²) >= 11 is 1.19. The highest BCUT2D eigenvalue weighted by atomic mass is 32.2. The van der Waals surface area contributed by atoms with Crippen LogP contribution in [0.25, 0.3) is 6.08 Å². The Bertz CT molecular complexity index is 1200. The van der Waals surface area contributed by atoms with Crippen molar-refractivity contribution in [1.29, 1.82) is 0 Å². The summed E-state index contributed by atoms with van der Waals surface area (Å²) in [4.78, 5) is 15.0.